The zero-order valence-electron chi connectivity index (χ0n) is 12.8. The van der Waals surface area contributed by atoms with Crippen LogP contribution in [0.1, 0.15) is 10.6 Å². The first-order valence-electron chi connectivity index (χ1n) is 6.79. The van der Waals surface area contributed by atoms with Gasteiger partial charge in [-0.3, -0.25) is 9.59 Å². The molecule has 0 atom stereocenters. The molecule has 3 N–H and O–H groups in total. The standard InChI is InChI=1S/C15H17N3O2S3/c1-9-12(7-13(16)19)23-15(17-9)22-8-14(20)18-10-3-5-11(21-2)6-4-10/h3-6H,7-8H2,1-2H3,(H2,16,19)(H,18,20). The summed E-state index contributed by atoms with van der Waals surface area (Å²) in [5.74, 6) is -0.191. The molecule has 2 amide bonds. The Morgan fingerprint density at radius 1 is 1.30 bits per heavy atom. The number of amides is 2. The smallest absolute Gasteiger partial charge is 0.234 e. The molecule has 0 unspecified atom stereocenters. The van der Waals surface area contributed by atoms with Crippen molar-refractivity contribution in [3.63, 3.8) is 0 Å². The lowest BCUT2D eigenvalue weighted by molar-refractivity contribution is -0.117. The van der Waals surface area contributed by atoms with E-state index in [-0.39, 0.29) is 24.0 Å². The molecule has 0 aliphatic carbocycles. The quantitative estimate of drug-likeness (QED) is 0.735. The van der Waals surface area contributed by atoms with E-state index < -0.39 is 0 Å². The lowest BCUT2D eigenvalue weighted by Crippen LogP contribution is -2.13. The van der Waals surface area contributed by atoms with E-state index in [1.165, 1.54) is 23.1 Å². The maximum Gasteiger partial charge on any atom is 0.234 e. The first-order valence-corrected chi connectivity index (χ1v) is 9.82. The summed E-state index contributed by atoms with van der Waals surface area (Å²) in [4.78, 5) is 29.3. The van der Waals surface area contributed by atoms with E-state index in [1.54, 1.807) is 11.8 Å². The van der Waals surface area contributed by atoms with Gasteiger partial charge in [-0.2, -0.15) is 0 Å². The van der Waals surface area contributed by atoms with Crippen LogP contribution in [0, 0.1) is 6.92 Å². The minimum atomic E-state index is -0.375. The van der Waals surface area contributed by atoms with E-state index in [0.717, 1.165) is 25.5 Å². The molecule has 0 fully saturated rings. The lowest BCUT2D eigenvalue weighted by atomic mass is 10.3. The molecule has 5 nitrogen and oxygen atoms in total. The van der Waals surface area contributed by atoms with Gasteiger partial charge in [-0.25, -0.2) is 4.98 Å². The monoisotopic (exact) mass is 367 g/mol. The number of carbonyl (C=O) groups excluding carboxylic acids is 2. The van der Waals surface area contributed by atoms with Crippen LogP contribution >= 0.6 is 34.9 Å². The van der Waals surface area contributed by atoms with Crippen molar-refractivity contribution in [1.82, 2.24) is 4.98 Å². The fourth-order valence-electron chi connectivity index (χ4n) is 1.78. The Balaban J connectivity index is 1.87. The van der Waals surface area contributed by atoms with Crippen molar-refractivity contribution in [2.24, 2.45) is 5.73 Å². The number of carbonyl (C=O) groups is 2. The van der Waals surface area contributed by atoms with Gasteiger partial charge in [0.25, 0.3) is 0 Å². The van der Waals surface area contributed by atoms with Gasteiger partial charge >= 0.3 is 0 Å². The molecule has 2 aromatic rings. The highest BCUT2D eigenvalue weighted by Gasteiger charge is 2.12. The number of primary amides is 1. The van der Waals surface area contributed by atoms with E-state index in [2.05, 4.69) is 10.3 Å². The normalized spacial score (nSPS) is 10.5. The van der Waals surface area contributed by atoms with Crippen LogP contribution in [0.15, 0.2) is 33.5 Å². The molecule has 23 heavy (non-hydrogen) atoms. The Morgan fingerprint density at radius 2 is 2.00 bits per heavy atom. The number of anilines is 1. The fourth-order valence-corrected chi connectivity index (χ4v) is 4.24. The summed E-state index contributed by atoms with van der Waals surface area (Å²) < 4.78 is 0.770. The molecule has 2 rings (SSSR count). The van der Waals surface area contributed by atoms with Gasteiger partial charge in [0, 0.05) is 15.5 Å². The molecule has 0 bridgehead atoms. The van der Waals surface area contributed by atoms with Crippen molar-refractivity contribution in [2.45, 2.75) is 22.6 Å². The van der Waals surface area contributed by atoms with Crippen LogP contribution in [0.3, 0.4) is 0 Å². The first-order chi connectivity index (χ1) is 11.0. The zero-order chi connectivity index (χ0) is 16.8. The summed E-state index contributed by atoms with van der Waals surface area (Å²) in [6, 6.07) is 7.70. The van der Waals surface area contributed by atoms with Gasteiger partial charge in [0.1, 0.15) is 0 Å². The zero-order valence-corrected chi connectivity index (χ0v) is 15.2. The van der Waals surface area contributed by atoms with Crippen molar-refractivity contribution >= 4 is 52.4 Å². The Labute approximate surface area is 147 Å². The van der Waals surface area contributed by atoms with Crippen LogP contribution in [-0.2, 0) is 16.0 Å². The van der Waals surface area contributed by atoms with E-state index in [9.17, 15) is 9.59 Å². The number of rotatable bonds is 7. The number of aromatic nitrogens is 1. The van der Waals surface area contributed by atoms with Gasteiger partial charge in [-0.05, 0) is 37.4 Å². The Kier molecular flexibility index (Phi) is 6.49. The van der Waals surface area contributed by atoms with E-state index >= 15 is 0 Å². The topological polar surface area (TPSA) is 85.1 Å². The van der Waals surface area contributed by atoms with Crippen molar-refractivity contribution in [3.8, 4) is 0 Å². The van der Waals surface area contributed by atoms with Gasteiger partial charge in [0.05, 0.1) is 17.9 Å². The summed E-state index contributed by atoms with van der Waals surface area (Å²) in [6.07, 6.45) is 2.20. The predicted octanol–water partition coefficient (Wildman–Crippen LogP) is 2.93. The van der Waals surface area contributed by atoms with Gasteiger partial charge in [-0.1, -0.05) is 11.8 Å². The molecule has 0 radical (unpaired) electrons. The average Bonchev–Trinajstić information content (AvgIpc) is 2.85. The second kappa shape index (κ2) is 8.37. The molecule has 0 spiro atoms. The first kappa shape index (κ1) is 17.8. The molecular formula is C15H17N3O2S3. The van der Waals surface area contributed by atoms with E-state index in [0.29, 0.717) is 0 Å². The molecule has 8 heteroatoms. The second-order valence-electron chi connectivity index (χ2n) is 4.70. The number of nitrogens with one attached hydrogen (secondary N) is 1. The molecule has 122 valence electrons. The summed E-state index contributed by atoms with van der Waals surface area (Å²) in [5.41, 5.74) is 6.77. The van der Waals surface area contributed by atoms with Crippen LogP contribution in [0.4, 0.5) is 5.69 Å². The summed E-state index contributed by atoms with van der Waals surface area (Å²) in [7, 11) is 0. The number of thioether (sulfide) groups is 2. The highest BCUT2D eigenvalue weighted by atomic mass is 32.2. The molecule has 1 aromatic carbocycles. The van der Waals surface area contributed by atoms with Crippen LogP contribution < -0.4 is 11.1 Å². The van der Waals surface area contributed by atoms with Crippen molar-refractivity contribution in [2.75, 3.05) is 17.3 Å². The highest BCUT2D eigenvalue weighted by Crippen LogP contribution is 2.27. The van der Waals surface area contributed by atoms with Gasteiger partial charge in [0.15, 0.2) is 4.34 Å². The van der Waals surface area contributed by atoms with Crippen LogP contribution in [-0.4, -0.2) is 28.8 Å². The van der Waals surface area contributed by atoms with Crippen LogP contribution in [0.2, 0.25) is 0 Å². The number of thiazole rings is 1. The second-order valence-corrected chi connectivity index (χ2v) is 7.88. The van der Waals surface area contributed by atoms with Crippen LogP contribution in [0.5, 0.6) is 0 Å². The maximum atomic E-state index is 12.0. The Hall–Kier alpha value is -1.51. The van der Waals surface area contributed by atoms with E-state index in [1.807, 2.05) is 37.4 Å². The largest absolute Gasteiger partial charge is 0.369 e. The number of nitrogens with two attached hydrogens (primary N) is 1. The molecule has 0 aliphatic heterocycles. The predicted molar refractivity (Wildman–Crippen MR) is 97.3 cm³/mol. The third-order valence-corrected chi connectivity index (χ3v) is 5.95. The third kappa shape index (κ3) is 5.56. The molecule has 1 heterocycles. The minimum Gasteiger partial charge on any atom is -0.369 e. The fraction of sp³-hybridized carbons (Fsp3) is 0.267. The van der Waals surface area contributed by atoms with Gasteiger partial charge in [0.2, 0.25) is 11.8 Å². The van der Waals surface area contributed by atoms with Crippen molar-refractivity contribution in [1.29, 1.82) is 0 Å². The summed E-state index contributed by atoms with van der Waals surface area (Å²) in [6.45, 7) is 1.84. The Bertz CT molecular complexity index is 698. The number of benzene rings is 1. The maximum absolute atomic E-state index is 12.0. The van der Waals surface area contributed by atoms with Crippen molar-refractivity contribution in [3.05, 3.63) is 34.8 Å². The molecule has 0 saturated heterocycles. The average molecular weight is 368 g/mol. The summed E-state index contributed by atoms with van der Waals surface area (Å²) >= 11 is 4.42. The van der Waals surface area contributed by atoms with Gasteiger partial charge < -0.3 is 11.1 Å². The molecule has 0 saturated carbocycles. The third-order valence-electron chi connectivity index (χ3n) is 2.91. The van der Waals surface area contributed by atoms with Crippen molar-refractivity contribution < 1.29 is 9.59 Å². The molecule has 0 aliphatic rings. The van der Waals surface area contributed by atoms with Gasteiger partial charge in [-0.15, -0.1) is 23.1 Å². The van der Waals surface area contributed by atoms with E-state index in [4.69, 9.17) is 5.73 Å². The lowest BCUT2D eigenvalue weighted by Gasteiger charge is -2.04. The molecule has 1 aromatic heterocycles. The van der Waals surface area contributed by atoms with Crippen LogP contribution in [0.25, 0.3) is 0 Å². The number of hydrogen-bond acceptors (Lipinski definition) is 6. The number of aryl methyl sites for hydroxylation is 1. The molecular weight excluding hydrogens is 350 g/mol. The number of nitrogens with zero attached hydrogens (tertiary/aromatic N) is 1. The number of hydrogen-bond donors (Lipinski definition) is 2. The SMILES string of the molecule is CSc1ccc(NC(=O)CSc2nc(C)c(CC(N)=O)s2)cc1. The highest BCUT2D eigenvalue weighted by molar-refractivity contribution is 8.01. The minimum absolute atomic E-state index is 0.0868. The summed E-state index contributed by atoms with van der Waals surface area (Å²) in [5, 5.41) is 2.85. The Morgan fingerprint density at radius 3 is 2.61 bits per heavy atom.